The number of alkyl halides is 3. The minimum atomic E-state index is -4.59. The average Bonchev–Trinajstić information content (AvgIpc) is 2.83. The topological polar surface area (TPSA) is 67.1 Å². The van der Waals surface area contributed by atoms with Gasteiger partial charge in [0.1, 0.15) is 11.6 Å². The lowest BCUT2D eigenvalue weighted by Gasteiger charge is -2.20. The molecule has 0 bridgehead atoms. The molecule has 1 aromatic rings. The molecule has 0 spiro atoms. The van der Waals surface area contributed by atoms with Crippen LogP contribution in [0.25, 0.3) is 0 Å². The highest BCUT2D eigenvalue weighted by Crippen LogP contribution is 2.28. The van der Waals surface area contributed by atoms with Gasteiger partial charge < -0.3 is 16.0 Å². The molecule has 1 aliphatic heterocycles. The molecule has 1 unspecified atom stereocenters. The second kappa shape index (κ2) is 6.05. The summed E-state index contributed by atoms with van der Waals surface area (Å²) in [7, 11) is 0. The minimum absolute atomic E-state index is 0.123. The largest absolute Gasteiger partial charge is 0.451 e. The number of nitrogen functional groups attached to an aromatic ring is 1. The lowest BCUT2D eigenvalue weighted by Crippen LogP contribution is -2.29. The molecule has 3 N–H and O–H groups in total. The fraction of sp³-hybridized carbons (Fsp3) is 0.692. The van der Waals surface area contributed by atoms with E-state index in [0.717, 1.165) is 19.5 Å². The van der Waals surface area contributed by atoms with E-state index in [9.17, 15) is 13.2 Å². The van der Waals surface area contributed by atoms with Crippen molar-refractivity contribution in [3.8, 4) is 0 Å². The van der Waals surface area contributed by atoms with Crippen molar-refractivity contribution in [1.29, 1.82) is 0 Å². The van der Waals surface area contributed by atoms with Crippen molar-refractivity contribution in [3.63, 3.8) is 0 Å². The van der Waals surface area contributed by atoms with E-state index in [1.807, 2.05) is 0 Å². The second-order valence-corrected chi connectivity index (χ2v) is 5.62. The fourth-order valence-electron chi connectivity index (χ4n) is 2.43. The highest BCUT2D eigenvalue weighted by molar-refractivity contribution is 5.45. The van der Waals surface area contributed by atoms with Crippen LogP contribution in [0.1, 0.15) is 26.1 Å². The van der Waals surface area contributed by atoms with E-state index in [0.29, 0.717) is 18.5 Å². The van der Waals surface area contributed by atoms with E-state index in [4.69, 9.17) is 5.73 Å². The molecule has 0 aliphatic carbocycles. The molecule has 8 heteroatoms. The van der Waals surface area contributed by atoms with Crippen LogP contribution in [0.3, 0.4) is 0 Å². The molecule has 0 saturated carbocycles. The fourth-order valence-corrected chi connectivity index (χ4v) is 2.43. The van der Waals surface area contributed by atoms with Gasteiger partial charge in [0.25, 0.3) is 0 Å². The zero-order chi connectivity index (χ0) is 15.6. The summed E-state index contributed by atoms with van der Waals surface area (Å²) in [4.78, 5) is 9.04. The first kappa shape index (κ1) is 15.8. The smallest absolute Gasteiger partial charge is 0.384 e. The van der Waals surface area contributed by atoms with Gasteiger partial charge in [0.05, 0.1) is 0 Å². The van der Waals surface area contributed by atoms with Crippen molar-refractivity contribution >= 4 is 11.6 Å². The second-order valence-electron chi connectivity index (χ2n) is 5.62. The van der Waals surface area contributed by atoms with Crippen molar-refractivity contribution in [2.75, 3.05) is 30.7 Å². The Balaban J connectivity index is 1.96. The van der Waals surface area contributed by atoms with Gasteiger partial charge in [-0.2, -0.15) is 13.2 Å². The minimum Gasteiger partial charge on any atom is -0.384 e. The Hall–Kier alpha value is -1.57. The number of hydrogen-bond acceptors (Lipinski definition) is 5. The Kier molecular flexibility index (Phi) is 4.55. The van der Waals surface area contributed by atoms with Gasteiger partial charge in [0.15, 0.2) is 0 Å². The monoisotopic (exact) mass is 303 g/mol. The molecule has 21 heavy (non-hydrogen) atoms. The van der Waals surface area contributed by atoms with Crippen molar-refractivity contribution < 1.29 is 13.2 Å². The van der Waals surface area contributed by atoms with Gasteiger partial charge in [0, 0.05) is 25.2 Å². The molecule has 0 radical (unpaired) electrons. The van der Waals surface area contributed by atoms with Gasteiger partial charge in [-0.25, -0.2) is 9.97 Å². The van der Waals surface area contributed by atoms with Crippen LogP contribution in [0.2, 0.25) is 0 Å². The first-order chi connectivity index (χ1) is 9.75. The van der Waals surface area contributed by atoms with Crippen LogP contribution in [-0.2, 0) is 6.18 Å². The number of nitrogens with two attached hydrogens (primary N) is 1. The number of anilines is 2. The first-order valence-corrected chi connectivity index (χ1v) is 6.95. The normalized spacial score (nSPS) is 20.2. The summed E-state index contributed by atoms with van der Waals surface area (Å²) in [5.74, 6) is -0.869. The van der Waals surface area contributed by atoms with Crippen molar-refractivity contribution in [2.24, 2.45) is 5.92 Å². The Morgan fingerprint density at radius 2 is 2.14 bits per heavy atom. The van der Waals surface area contributed by atoms with Crippen LogP contribution in [-0.4, -0.2) is 40.5 Å². The van der Waals surface area contributed by atoms with E-state index >= 15 is 0 Å². The summed E-state index contributed by atoms with van der Waals surface area (Å²) in [6, 6.07) is 1.81. The molecule has 0 amide bonds. The van der Waals surface area contributed by atoms with E-state index < -0.39 is 12.0 Å². The quantitative estimate of drug-likeness (QED) is 0.893. The maximum Gasteiger partial charge on any atom is 0.451 e. The third-order valence-corrected chi connectivity index (χ3v) is 3.62. The summed E-state index contributed by atoms with van der Waals surface area (Å²) in [5.41, 5.74) is 5.40. The predicted octanol–water partition coefficient (Wildman–Crippen LogP) is 2.22. The van der Waals surface area contributed by atoms with Gasteiger partial charge in [-0.3, -0.25) is 0 Å². The molecule has 2 rings (SSSR count). The van der Waals surface area contributed by atoms with Crippen LogP contribution in [0.5, 0.6) is 0 Å². The number of rotatable bonds is 4. The van der Waals surface area contributed by atoms with Crippen molar-refractivity contribution in [3.05, 3.63) is 11.9 Å². The number of nitrogens with one attached hydrogen (secondary N) is 1. The van der Waals surface area contributed by atoms with Crippen LogP contribution in [0.15, 0.2) is 6.07 Å². The van der Waals surface area contributed by atoms with E-state index in [1.54, 1.807) is 0 Å². The van der Waals surface area contributed by atoms with Crippen molar-refractivity contribution in [1.82, 2.24) is 14.9 Å². The van der Waals surface area contributed by atoms with E-state index in [2.05, 4.69) is 34.0 Å². The predicted molar refractivity (Wildman–Crippen MR) is 74.8 cm³/mol. The summed E-state index contributed by atoms with van der Waals surface area (Å²) in [6.07, 6.45) is -3.56. The maximum atomic E-state index is 12.6. The summed E-state index contributed by atoms with van der Waals surface area (Å²) < 4.78 is 37.8. The average molecular weight is 303 g/mol. The van der Waals surface area contributed by atoms with E-state index in [1.165, 1.54) is 6.07 Å². The Morgan fingerprint density at radius 3 is 2.71 bits per heavy atom. The standard InChI is InChI=1S/C13H20F3N5/c1-8(2)21-4-3-9(7-21)6-18-11-5-10(17)19-12(20-11)13(14,15)16/h5,8-9H,3-4,6-7H2,1-2H3,(H3,17,18,19,20). The number of nitrogens with zero attached hydrogens (tertiary/aromatic N) is 3. The summed E-state index contributed by atoms with van der Waals surface area (Å²) >= 11 is 0. The van der Waals surface area contributed by atoms with Crippen molar-refractivity contribution in [2.45, 2.75) is 32.5 Å². The third-order valence-electron chi connectivity index (χ3n) is 3.62. The molecule has 1 atom stereocenters. The lowest BCUT2D eigenvalue weighted by molar-refractivity contribution is -0.144. The number of likely N-dealkylation sites (tertiary alicyclic amines) is 1. The Bertz CT molecular complexity index is 489. The zero-order valence-corrected chi connectivity index (χ0v) is 12.1. The molecule has 1 aliphatic rings. The Labute approximate surface area is 121 Å². The van der Waals surface area contributed by atoms with Crippen LogP contribution >= 0.6 is 0 Å². The van der Waals surface area contributed by atoms with Gasteiger partial charge in [-0.05, 0) is 32.7 Å². The molecule has 118 valence electrons. The molecule has 2 heterocycles. The molecule has 1 saturated heterocycles. The highest BCUT2D eigenvalue weighted by atomic mass is 19.4. The van der Waals surface area contributed by atoms with Crippen LogP contribution < -0.4 is 11.1 Å². The van der Waals surface area contributed by atoms with Gasteiger partial charge >= 0.3 is 6.18 Å². The lowest BCUT2D eigenvalue weighted by atomic mass is 10.1. The molecule has 0 aromatic carbocycles. The Morgan fingerprint density at radius 1 is 1.43 bits per heavy atom. The van der Waals surface area contributed by atoms with E-state index in [-0.39, 0.29) is 11.6 Å². The molecule has 1 fully saturated rings. The van der Waals surface area contributed by atoms with Gasteiger partial charge in [-0.1, -0.05) is 0 Å². The highest BCUT2D eigenvalue weighted by Gasteiger charge is 2.35. The van der Waals surface area contributed by atoms with Gasteiger partial charge in [0.2, 0.25) is 5.82 Å². The SMILES string of the molecule is CC(C)N1CCC(CNc2cc(N)nc(C(F)(F)F)n2)C1. The third kappa shape index (κ3) is 4.20. The number of aromatic nitrogens is 2. The summed E-state index contributed by atoms with van der Waals surface area (Å²) in [6.45, 7) is 6.81. The maximum absolute atomic E-state index is 12.6. The molecule has 5 nitrogen and oxygen atoms in total. The zero-order valence-electron chi connectivity index (χ0n) is 12.1. The van der Waals surface area contributed by atoms with Crippen LogP contribution in [0.4, 0.5) is 24.8 Å². The summed E-state index contributed by atoms with van der Waals surface area (Å²) in [5, 5.41) is 2.94. The molecule has 1 aromatic heterocycles. The molecular weight excluding hydrogens is 283 g/mol. The number of hydrogen-bond donors (Lipinski definition) is 2. The molecular formula is C13H20F3N5. The number of halogens is 3. The first-order valence-electron chi connectivity index (χ1n) is 6.95. The van der Waals surface area contributed by atoms with Gasteiger partial charge in [-0.15, -0.1) is 0 Å². The van der Waals surface area contributed by atoms with Crippen LogP contribution in [0, 0.1) is 5.92 Å².